The Hall–Kier alpha value is -1.01. The van der Waals surface area contributed by atoms with Crippen LogP contribution in [0.4, 0.5) is 0 Å². The molecule has 1 aliphatic heterocycles. The zero-order valence-corrected chi connectivity index (χ0v) is 16.6. The fourth-order valence-corrected chi connectivity index (χ4v) is 3.70. The van der Waals surface area contributed by atoms with Crippen molar-refractivity contribution in [2.75, 3.05) is 47.0 Å². The van der Waals surface area contributed by atoms with Gasteiger partial charge in [0.1, 0.15) is 0 Å². The quantitative estimate of drug-likeness (QED) is 0.762. The standard InChI is InChI=1S/C19H31ClN2O3/c1-14(2)11-22-7-6-21(13-16(22)5-8-23)12-15-9-18(24-3)19(25-4)10-17(15)20/h9-10,14,16,23H,5-8,11-13H2,1-4H3/t16-/m1/s1. The van der Waals surface area contributed by atoms with Crippen LogP contribution in [-0.2, 0) is 6.54 Å². The maximum absolute atomic E-state index is 9.42. The first-order valence-corrected chi connectivity index (χ1v) is 9.33. The number of hydrogen-bond acceptors (Lipinski definition) is 5. The molecule has 1 atom stereocenters. The van der Waals surface area contributed by atoms with Gasteiger partial charge in [0, 0.05) is 56.5 Å². The summed E-state index contributed by atoms with van der Waals surface area (Å²) in [4.78, 5) is 4.91. The van der Waals surface area contributed by atoms with Crippen LogP contribution >= 0.6 is 11.6 Å². The van der Waals surface area contributed by atoms with Gasteiger partial charge in [0.15, 0.2) is 11.5 Å². The molecule has 0 unspecified atom stereocenters. The van der Waals surface area contributed by atoms with Crippen LogP contribution in [0.15, 0.2) is 12.1 Å². The van der Waals surface area contributed by atoms with Crippen molar-refractivity contribution in [2.24, 2.45) is 5.92 Å². The third-order valence-electron chi connectivity index (χ3n) is 4.70. The van der Waals surface area contributed by atoms with E-state index in [-0.39, 0.29) is 6.61 Å². The van der Waals surface area contributed by atoms with Crippen LogP contribution < -0.4 is 9.47 Å². The molecule has 2 rings (SSSR count). The van der Waals surface area contributed by atoms with Crippen LogP contribution in [-0.4, -0.2) is 68.0 Å². The summed E-state index contributed by atoms with van der Waals surface area (Å²) in [6.45, 7) is 9.53. The molecule has 25 heavy (non-hydrogen) atoms. The molecule has 1 saturated heterocycles. The maximum Gasteiger partial charge on any atom is 0.162 e. The fraction of sp³-hybridized carbons (Fsp3) is 0.684. The lowest BCUT2D eigenvalue weighted by Crippen LogP contribution is -2.53. The summed E-state index contributed by atoms with van der Waals surface area (Å²) in [5.74, 6) is 1.98. The molecule has 1 aromatic rings. The number of aliphatic hydroxyl groups is 1. The number of halogens is 1. The highest BCUT2D eigenvalue weighted by Gasteiger charge is 2.27. The zero-order chi connectivity index (χ0) is 18.4. The van der Waals surface area contributed by atoms with Gasteiger partial charge < -0.3 is 14.6 Å². The average Bonchev–Trinajstić information content (AvgIpc) is 2.58. The monoisotopic (exact) mass is 370 g/mol. The number of rotatable bonds is 8. The lowest BCUT2D eigenvalue weighted by atomic mass is 10.1. The van der Waals surface area contributed by atoms with Crippen molar-refractivity contribution in [3.63, 3.8) is 0 Å². The Labute approximate surface area is 156 Å². The first-order valence-electron chi connectivity index (χ1n) is 8.96. The highest BCUT2D eigenvalue weighted by Crippen LogP contribution is 2.34. The molecule has 0 spiro atoms. The van der Waals surface area contributed by atoms with E-state index in [1.165, 1.54) is 0 Å². The van der Waals surface area contributed by atoms with Crippen LogP contribution in [0.25, 0.3) is 0 Å². The molecule has 1 fully saturated rings. The number of piperazine rings is 1. The van der Waals surface area contributed by atoms with E-state index < -0.39 is 0 Å². The molecule has 0 aliphatic carbocycles. The summed E-state index contributed by atoms with van der Waals surface area (Å²) in [6, 6.07) is 4.17. The predicted molar refractivity (Wildman–Crippen MR) is 102 cm³/mol. The number of aliphatic hydroxyl groups excluding tert-OH is 1. The molecule has 1 heterocycles. The van der Waals surface area contributed by atoms with Crippen LogP contribution in [0.2, 0.25) is 5.02 Å². The van der Waals surface area contributed by atoms with Gasteiger partial charge in [0.25, 0.3) is 0 Å². The summed E-state index contributed by atoms with van der Waals surface area (Å²) in [6.07, 6.45) is 0.808. The molecular weight excluding hydrogens is 340 g/mol. The molecule has 0 amide bonds. The Morgan fingerprint density at radius 3 is 2.48 bits per heavy atom. The van der Waals surface area contributed by atoms with E-state index in [0.29, 0.717) is 28.5 Å². The molecule has 1 aliphatic rings. The number of benzene rings is 1. The molecule has 1 aromatic carbocycles. The topological polar surface area (TPSA) is 45.2 Å². The molecule has 142 valence electrons. The Morgan fingerprint density at radius 1 is 1.20 bits per heavy atom. The van der Waals surface area contributed by atoms with Gasteiger partial charge in [-0.3, -0.25) is 9.80 Å². The minimum absolute atomic E-state index is 0.226. The van der Waals surface area contributed by atoms with E-state index >= 15 is 0 Å². The van der Waals surface area contributed by atoms with E-state index in [2.05, 4.69) is 23.6 Å². The van der Waals surface area contributed by atoms with E-state index in [0.717, 1.165) is 44.7 Å². The molecule has 0 saturated carbocycles. The van der Waals surface area contributed by atoms with Gasteiger partial charge in [-0.05, 0) is 24.0 Å². The maximum atomic E-state index is 9.42. The number of hydrogen-bond donors (Lipinski definition) is 1. The summed E-state index contributed by atoms with van der Waals surface area (Å²) in [5.41, 5.74) is 1.04. The largest absolute Gasteiger partial charge is 0.493 e. The average molecular weight is 371 g/mol. The van der Waals surface area contributed by atoms with Gasteiger partial charge in [0.2, 0.25) is 0 Å². The van der Waals surface area contributed by atoms with Crippen LogP contribution in [0.3, 0.4) is 0 Å². The first-order chi connectivity index (χ1) is 12.0. The Bertz CT molecular complexity index is 554. The van der Waals surface area contributed by atoms with E-state index in [1.54, 1.807) is 14.2 Å². The second-order valence-corrected chi connectivity index (χ2v) is 7.50. The summed E-state index contributed by atoms with van der Waals surface area (Å²) < 4.78 is 10.7. The summed E-state index contributed by atoms with van der Waals surface area (Å²) in [5, 5.41) is 10.1. The van der Waals surface area contributed by atoms with Gasteiger partial charge >= 0.3 is 0 Å². The molecule has 6 heteroatoms. The van der Waals surface area contributed by atoms with Gasteiger partial charge in [-0.15, -0.1) is 0 Å². The Morgan fingerprint density at radius 2 is 1.88 bits per heavy atom. The van der Waals surface area contributed by atoms with Crippen molar-refractivity contribution in [2.45, 2.75) is 32.9 Å². The Balaban J connectivity index is 2.08. The molecule has 0 bridgehead atoms. The second-order valence-electron chi connectivity index (χ2n) is 7.09. The van der Waals surface area contributed by atoms with Gasteiger partial charge in [0.05, 0.1) is 14.2 Å². The van der Waals surface area contributed by atoms with Crippen molar-refractivity contribution in [1.82, 2.24) is 9.80 Å². The lowest BCUT2D eigenvalue weighted by molar-refractivity contribution is 0.0476. The molecular formula is C19H31ClN2O3. The molecule has 1 N–H and O–H groups in total. The van der Waals surface area contributed by atoms with Crippen molar-refractivity contribution in [3.8, 4) is 11.5 Å². The summed E-state index contributed by atoms with van der Waals surface area (Å²) in [7, 11) is 3.25. The first kappa shape index (κ1) is 20.3. The zero-order valence-electron chi connectivity index (χ0n) is 15.8. The van der Waals surface area contributed by atoms with Crippen LogP contribution in [0.5, 0.6) is 11.5 Å². The van der Waals surface area contributed by atoms with Gasteiger partial charge in [-0.2, -0.15) is 0 Å². The van der Waals surface area contributed by atoms with Crippen molar-refractivity contribution in [3.05, 3.63) is 22.7 Å². The molecule has 0 radical (unpaired) electrons. The highest BCUT2D eigenvalue weighted by atomic mass is 35.5. The minimum Gasteiger partial charge on any atom is -0.493 e. The number of nitrogens with zero attached hydrogens (tertiary/aromatic N) is 2. The van der Waals surface area contributed by atoms with Gasteiger partial charge in [-0.1, -0.05) is 25.4 Å². The van der Waals surface area contributed by atoms with Crippen molar-refractivity contribution < 1.29 is 14.6 Å². The molecule has 0 aromatic heterocycles. The Kier molecular flexibility index (Phi) is 7.81. The van der Waals surface area contributed by atoms with Gasteiger partial charge in [-0.25, -0.2) is 0 Å². The summed E-state index contributed by atoms with van der Waals surface area (Å²) >= 11 is 6.44. The fourth-order valence-electron chi connectivity index (χ4n) is 3.49. The lowest BCUT2D eigenvalue weighted by Gasteiger charge is -2.42. The third kappa shape index (κ3) is 5.48. The number of methoxy groups -OCH3 is 2. The van der Waals surface area contributed by atoms with Crippen molar-refractivity contribution in [1.29, 1.82) is 0 Å². The van der Waals surface area contributed by atoms with Crippen LogP contribution in [0, 0.1) is 5.92 Å². The SMILES string of the molecule is COc1cc(Cl)c(CN2CCN(CC(C)C)[C@H](CCO)C2)cc1OC. The predicted octanol–water partition coefficient (Wildman–Crippen LogP) is 2.88. The third-order valence-corrected chi connectivity index (χ3v) is 5.05. The smallest absolute Gasteiger partial charge is 0.162 e. The molecule has 5 nitrogen and oxygen atoms in total. The normalized spacial score (nSPS) is 19.4. The highest BCUT2D eigenvalue weighted by molar-refractivity contribution is 6.31. The number of ether oxygens (including phenoxy) is 2. The van der Waals surface area contributed by atoms with E-state index in [1.807, 2.05) is 12.1 Å². The van der Waals surface area contributed by atoms with E-state index in [4.69, 9.17) is 21.1 Å². The second kappa shape index (κ2) is 9.62. The van der Waals surface area contributed by atoms with E-state index in [9.17, 15) is 5.11 Å². The minimum atomic E-state index is 0.226. The van der Waals surface area contributed by atoms with Crippen LogP contribution in [0.1, 0.15) is 25.8 Å². The van der Waals surface area contributed by atoms with Crippen molar-refractivity contribution >= 4 is 11.6 Å².